The molecule has 1 aliphatic heterocycles. The molecule has 1 N–H and O–H groups in total. The number of carbonyl (C=O) groups excluding carboxylic acids is 1. The number of likely N-dealkylation sites (tertiary alicyclic amines) is 1. The second kappa shape index (κ2) is 11.1. The second-order valence-corrected chi connectivity index (χ2v) is 11.1. The fourth-order valence-corrected chi connectivity index (χ4v) is 5.93. The van der Waals surface area contributed by atoms with Crippen LogP contribution in [0.4, 0.5) is 5.69 Å². The van der Waals surface area contributed by atoms with E-state index in [1.165, 1.54) is 22.7 Å². The second-order valence-electron chi connectivity index (χ2n) is 9.19. The maximum atomic E-state index is 13.6. The predicted molar refractivity (Wildman–Crippen MR) is 140 cm³/mol. The molecule has 0 radical (unpaired) electrons. The number of rotatable bonds is 9. The Labute approximate surface area is 208 Å². The Morgan fingerprint density at radius 1 is 0.914 bits per heavy atom. The first-order valence-corrected chi connectivity index (χ1v) is 13.5. The fourth-order valence-electron chi connectivity index (χ4n) is 4.43. The number of benzene rings is 3. The van der Waals surface area contributed by atoms with Gasteiger partial charge in [0, 0.05) is 13.1 Å². The maximum absolute atomic E-state index is 13.6. The van der Waals surface area contributed by atoms with Crippen molar-refractivity contribution >= 4 is 21.6 Å². The van der Waals surface area contributed by atoms with E-state index in [2.05, 4.69) is 22.3 Å². The van der Waals surface area contributed by atoms with E-state index in [-0.39, 0.29) is 17.3 Å². The summed E-state index contributed by atoms with van der Waals surface area (Å²) in [5, 5.41) is 2.92. The van der Waals surface area contributed by atoms with E-state index in [0.29, 0.717) is 12.2 Å². The summed E-state index contributed by atoms with van der Waals surface area (Å²) in [4.78, 5) is 15.6. The minimum Gasteiger partial charge on any atom is -0.350 e. The lowest BCUT2D eigenvalue weighted by molar-refractivity contribution is -0.119. The predicted octanol–water partition coefficient (Wildman–Crippen LogP) is 4.41. The third kappa shape index (κ3) is 6.29. The van der Waals surface area contributed by atoms with E-state index < -0.39 is 10.0 Å². The number of amides is 1. The molecule has 0 atom stereocenters. The summed E-state index contributed by atoms with van der Waals surface area (Å²) in [7, 11) is -3.92. The summed E-state index contributed by atoms with van der Waals surface area (Å²) >= 11 is 0. The number of hydrogen-bond acceptors (Lipinski definition) is 4. The first-order valence-electron chi connectivity index (χ1n) is 12.0. The van der Waals surface area contributed by atoms with Gasteiger partial charge < -0.3 is 5.32 Å². The lowest BCUT2D eigenvalue weighted by Crippen LogP contribution is -2.41. The molecule has 3 aromatic carbocycles. The van der Waals surface area contributed by atoms with Crippen molar-refractivity contribution in [3.63, 3.8) is 0 Å². The first kappa shape index (κ1) is 24.9. The minimum absolute atomic E-state index is 0.156. The van der Waals surface area contributed by atoms with Crippen LogP contribution in [0.1, 0.15) is 35.1 Å². The molecule has 1 saturated heterocycles. The van der Waals surface area contributed by atoms with Crippen LogP contribution in [0.25, 0.3) is 0 Å². The van der Waals surface area contributed by atoms with E-state index in [1.807, 2.05) is 44.2 Å². The Kier molecular flexibility index (Phi) is 7.88. The zero-order valence-electron chi connectivity index (χ0n) is 20.4. The van der Waals surface area contributed by atoms with Crippen LogP contribution in [0, 0.1) is 13.8 Å². The third-order valence-corrected chi connectivity index (χ3v) is 8.11. The first-order chi connectivity index (χ1) is 16.8. The van der Waals surface area contributed by atoms with Gasteiger partial charge in [-0.15, -0.1) is 0 Å². The maximum Gasteiger partial charge on any atom is 0.264 e. The van der Waals surface area contributed by atoms with Crippen molar-refractivity contribution in [2.45, 2.75) is 44.7 Å². The Hall–Kier alpha value is -3.16. The lowest BCUT2D eigenvalue weighted by atomic mass is 10.1. The summed E-state index contributed by atoms with van der Waals surface area (Å²) in [6, 6.07) is 22.1. The van der Waals surface area contributed by atoms with Crippen LogP contribution in [0.5, 0.6) is 0 Å². The topological polar surface area (TPSA) is 69.7 Å². The van der Waals surface area contributed by atoms with Crippen LogP contribution in [0.2, 0.25) is 0 Å². The number of aryl methyl sites for hydroxylation is 2. The van der Waals surface area contributed by atoms with Gasteiger partial charge in [0.2, 0.25) is 5.91 Å². The lowest BCUT2D eigenvalue weighted by Gasteiger charge is -2.26. The third-order valence-electron chi connectivity index (χ3n) is 6.34. The molecular formula is C28H33N3O3S. The van der Waals surface area contributed by atoms with Gasteiger partial charge in [-0.25, -0.2) is 8.42 Å². The van der Waals surface area contributed by atoms with Gasteiger partial charge >= 0.3 is 0 Å². The number of sulfonamides is 1. The van der Waals surface area contributed by atoms with E-state index in [0.717, 1.165) is 36.3 Å². The summed E-state index contributed by atoms with van der Waals surface area (Å²) < 4.78 is 28.3. The van der Waals surface area contributed by atoms with Crippen LogP contribution in [0.3, 0.4) is 0 Å². The molecule has 35 heavy (non-hydrogen) atoms. The molecule has 4 rings (SSSR count). The molecule has 1 heterocycles. The number of anilines is 1. The molecule has 7 heteroatoms. The van der Waals surface area contributed by atoms with E-state index in [1.54, 1.807) is 30.3 Å². The van der Waals surface area contributed by atoms with Crippen molar-refractivity contribution in [2.75, 3.05) is 23.9 Å². The van der Waals surface area contributed by atoms with Crippen LogP contribution < -0.4 is 9.62 Å². The summed E-state index contributed by atoms with van der Waals surface area (Å²) in [6.07, 6.45) is 2.50. The van der Waals surface area contributed by atoms with Gasteiger partial charge in [-0.3, -0.25) is 14.0 Å². The van der Waals surface area contributed by atoms with E-state index >= 15 is 0 Å². The van der Waals surface area contributed by atoms with Crippen molar-refractivity contribution in [1.29, 1.82) is 0 Å². The van der Waals surface area contributed by atoms with E-state index in [4.69, 9.17) is 0 Å². The molecule has 1 amide bonds. The number of hydrogen-bond donors (Lipinski definition) is 1. The zero-order valence-corrected chi connectivity index (χ0v) is 21.2. The molecule has 0 saturated carbocycles. The van der Waals surface area contributed by atoms with Gasteiger partial charge in [0.25, 0.3) is 10.0 Å². The number of nitrogens with one attached hydrogen (secondary N) is 1. The van der Waals surface area contributed by atoms with Gasteiger partial charge in [0.05, 0.1) is 10.6 Å². The molecule has 0 bridgehead atoms. The highest BCUT2D eigenvalue weighted by molar-refractivity contribution is 7.92. The van der Waals surface area contributed by atoms with Gasteiger partial charge in [-0.05, 0) is 80.2 Å². The Balaban J connectivity index is 1.50. The smallest absolute Gasteiger partial charge is 0.264 e. The monoisotopic (exact) mass is 491 g/mol. The largest absolute Gasteiger partial charge is 0.350 e. The highest BCUT2D eigenvalue weighted by Crippen LogP contribution is 2.27. The normalized spacial score (nSPS) is 14.1. The van der Waals surface area contributed by atoms with Crippen molar-refractivity contribution in [3.05, 3.63) is 95.1 Å². The Bertz CT molecular complexity index is 1270. The van der Waals surface area contributed by atoms with Gasteiger partial charge in [-0.2, -0.15) is 0 Å². The van der Waals surface area contributed by atoms with Gasteiger partial charge in [-0.1, -0.05) is 54.6 Å². The number of nitrogens with zero attached hydrogens (tertiary/aromatic N) is 2. The quantitative estimate of drug-likeness (QED) is 0.481. The summed E-state index contributed by atoms with van der Waals surface area (Å²) in [5.74, 6) is -0.352. The van der Waals surface area contributed by atoms with Crippen LogP contribution in [-0.2, 0) is 27.9 Å². The molecule has 0 aliphatic carbocycles. The van der Waals surface area contributed by atoms with Crippen molar-refractivity contribution in [2.24, 2.45) is 0 Å². The molecule has 6 nitrogen and oxygen atoms in total. The van der Waals surface area contributed by atoms with Crippen LogP contribution in [0.15, 0.2) is 77.7 Å². The Morgan fingerprint density at radius 2 is 1.63 bits per heavy atom. The number of carbonyl (C=O) groups is 1. The van der Waals surface area contributed by atoms with Crippen molar-refractivity contribution < 1.29 is 13.2 Å². The molecule has 0 spiro atoms. The highest BCUT2D eigenvalue weighted by Gasteiger charge is 2.28. The average Bonchev–Trinajstić information content (AvgIpc) is 3.36. The molecule has 184 valence electrons. The Morgan fingerprint density at radius 3 is 2.37 bits per heavy atom. The van der Waals surface area contributed by atoms with Gasteiger partial charge in [0.1, 0.15) is 6.54 Å². The van der Waals surface area contributed by atoms with Gasteiger partial charge in [0.15, 0.2) is 0 Å². The fraction of sp³-hybridized carbons (Fsp3) is 0.321. The minimum atomic E-state index is -3.92. The van der Waals surface area contributed by atoms with Crippen molar-refractivity contribution in [1.82, 2.24) is 10.2 Å². The SMILES string of the molecule is Cc1ccc(C)c(N(CC(=O)NCc2cccc(CN3CCCC3)c2)S(=O)(=O)c2ccccc2)c1. The molecule has 1 fully saturated rings. The molecular weight excluding hydrogens is 458 g/mol. The zero-order chi connectivity index (χ0) is 24.8. The summed E-state index contributed by atoms with van der Waals surface area (Å²) in [5.41, 5.74) is 4.45. The molecule has 1 aliphatic rings. The van der Waals surface area contributed by atoms with Crippen molar-refractivity contribution in [3.8, 4) is 0 Å². The highest BCUT2D eigenvalue weighted by atomic mass is 32.2. The molecule has 0 unspecified atom stereocenters. The molecule has 0 aromatic heterocycles. The molecule has 3 aromatic rings. The van der Waals surface area contributed by atoms with Crippen LogP contribution in [-0.4, -0.2) is 38.9 Å². The summed E-state index contributed by atoms with van der Waals surface area (Å²) in [6.45, 7) is 6.98. The van der Waals surface area contributed by atoms with E-state index in [9.17, 15) is 13.2 Å². The van der Waals surface area contributed by atoms with Crippen LogP contribution >= 0.6 is 0 Å². The average molecular weight is 492 g/mol. The standard InChI is InChI=1S/C28H33N3O3S/c1-22-13-14-23(2)27(17-22)31(35(33,34)26-11-4-3-5-12-26)21-28(32)29-19-24-9-8-10-25(18-24)20-30-15-6-7-16-30/h3-5,8-14,17-18H,6-7,15-16,19-21H2,1-2H3,(H,29,32).